The van der Waals surface area contributed by atoms with E-state index in [1.54, 1.807) is 0 Å². The number of ether oxygens (including phenoxy) is 1. The third-order valence-corrected chi connectivity index (χ3v) is 5.30. The summed E-state index contributed by atoms with van der Waals surface area (Å²) in [6.07, 6.45) is 5.20. The number of hydrogen-bond acceptors (Lipinski definition) is 4. The molecule has 0 saturated carbocycles. The molecule has 2 aromatic rings. The van der Waals surface area contributed by atoms with Gasteiger partial charge in [-0.3, -0.25) is 9.58 Å². The molecule has 1 aromatic carbocycles. The van der Waals surface area contributed by atoms with Crippen LogP contribution in [-0.2, 0) is 6.54 Å². The average Bonchev–Trinajstić information content (AvgIpc) is 3.25. The molecule has 130 valence electrons. The highest BCUT2D eigenvalue weighted by Gasteiger charge is 2.18. The second-order valence-electron chi connectivity index (χ2n) is 7.11. The standard InChI is InChI=1S/C19H28N4O/c1-2-8-18-17(7-1)19(24-13-12-22-10-3-4-11-22)21-23(18)15-16-6-5-9-20-14-16/h1-2,7-8,16,20H,3-6,9-15H2. The van der Waals surface area contributed by atoms with Crippen molar-refractivity contribution in [3.8, 4) is 5.88 Å². The molecule has 1 aromatic heterocycles. The normalized spacial score (nSPS) is 22.2. The number of benzene rings is 1. The molecule has 0 bridgehead atoms. The third kappa shape index (κ3) is 3.57. The summed E-state index contributed by atoms with van der Waals surface area (Å²) in [6.45, 7) is 7.39. The molecule has 5 heteroatoms. The minimum absolute atomic E-state index is 0.666. The highest BCUT2D eigenvalue weighted by Crippen LogP contribution is 2.26. The maximum Gasteiger partial charge on any atom is 0.240 e. The summed E-state index contributed by atoms with van der Waals surface area (Å²) in [7, 11) is 0. The van der Waals surface area contributed by atoms with Gasteiger partial charge in [0.2, 0.25) is 5.88 Å². The first kappa shape index (κ1) is 15.9. The highest BCUT2D eigenvalue weighted by atomic mass is 16.5. The molecule has 0 aliphatic carbocycles. The van der Waals surface area contributed by atoms with Crippen LogP contribution in [0.4, 0.5) is 0 Å². The molecule has 24 heavy (non-hydrogen) atoms. The molecule has 0 spiro atoms. The van der Waals surface area contributed by atoms with Gasteiger partial charge in [0.05, 0.1) is 10.9 Å². The molecule has 2 aliphatic heterocycles. The maximum absolute atomic E-state index is 6.06. The Labute approximate surface area is 144 Å². The molecular formula is C19H28N4O. The zero-order chi connectivity index (χ0) is 16.2. The van der Waals surface area contributed by atoms with E-state index < -0.39 is 0 Å². The van der Waals surface area contributed by atoms with E-state index in [0.717, 1.165) is 44.1 Å². The summed E-state index contributed by atoms with van der Waals surface area (Å²) in [6, 6.07) is 8.45. The van der Waals surface area contributed by atoms with Gasteiger partial charge < -0.3 is 10.1 Å². The van der Waals surface area contributed by atoms with E-state index >= 15 is 0 Å². The van der Waals surface area contributed by atoms with Crippen LogP contribution in [-0.4, -0.2) is 54.0 Å². The van der Waals surface area contributed by atoms with E-state index in [9.17, 15) is 0 Å². The molecule has 1 unspecified atom stereocenters. The molecule has 1 atom stereocenters. The predicted molar refractivity (Wildman–Crippen MR) is 96.5 cm³/mol. The summed E-state index contributed by atoms with van der Waals surface area (Å²) in [5.74, 6) is 1.47. The monoisotopic (exact) mass is 328 g/mol. The van der Waals surface area contributed by atoms with Crippen molar-refractivity contribution >= 4 is 10.9 Å². The molecule has 2 fully saturated rings. The second-order valence-corrected chi connectivity index (χ2v) is 7.11. The van der Waals surface area contributed by atoms with Gasteiger partial charge in [-0.05, 0) is 69.9 Å². The molecule has 4 rings (SSSR count). The Hall–Kier alpha value is -1.59. The second kappa shape index (κ2) is 7.53. The fourth-order valence-corrected chi connectivity index (χ4v) is 3.94. The lowest BCUT2D eigenvalue weighted by atomic mass is 10.00. The van der Waals surface area contributed by atoms with Crippen LogP contribution in [0.2, 0.25) is 0 Å². The van der Waals surface area contributed by atoms with Crippen LogP contribution >= 0.6 is 0 Å². The number of nitrogens with one attached hydrogen (secondary N) is 1. The van der Waals surface area contributed by atoms with Crippen LogP contribution in [0.5, 0.6) is 5.88 Å². The fourth-order valence-electron chi connectivity index (χ4n) is 3.94. The number of para-hydroxylation sites is 1. The molecule has 2 saturated heterocycles. The van der Waals surface area contributed by atoms with Gasteiger partial charge in [-0.15, -0.1) is 5.10 Å². The van der Waals surface area contributed by atoms with Crippen LogP contribution in [0.3, 0.4) is 0 Å². The van der Waals surface area contributed by atoms with E-state index in [0.29, 0.717) is 5.92 Å². The van der Waals surface area contributed by atoms with Crippen LogP contribution in [0.1, 0.15) is 25.7 Å². The maximum atomic E-state index is 6.06. The Balaban J connectivity index is 1.45. The number of aromatic nitrogens is 2. The largest absolute Gasteiger partial charge is 0.475 e. The highest BCUT2D eigenvalue weighted by molar-refractivity contribution is 5.84. The number of likely N-dealkylation sites (tertiary alicyclic amines) is 1. The van der Waals surface area contributed by atoms with Gasteiger partial charge in [0.1, 0.15) is 6.61 Å². The van der Waals surface area contributed by atoms with E-state index in [4.69, 9.17) is 9.84 Å². The number of hydrogen-bond donors (Lipinski definition) is 1. The number of fused-ring (bicyclic) bond motifs is 1. The first-order valence-corrected chi connectivity index (χ1v) is 9.41. The van der Waals surface area contributed by atoms with Crippen molar-refractivity contribution in [2.24, 2.45) is 5.92 Å². The van der Waals surface area contributed by atoms with E-state index in [-0.39, 0.29) is 0 Å². The Morgan fingerprint density at radius 3 is 2.88 bits per heavy atom. The van der Waals surface area contributed by atoms with E-state index in [2.05, 4.69) is 39.2 Å². The van der Waals surface area contributed by atoms with Crippen LogP contribution in [0.15, 0.2) is 24.3 Å². The van der Waals surface area contributed by atoms with Crippen molar-refractivity contribution in [1.82, 2.24) is 20.0 Å². The Morgan fingerprint density at radius 1 is 1.17 bits per heavy atom. The Morgan fingerprint density at radius 2 is 2.04 bits per heavy atom. The lowest BCUT2D eigenvalue weighted by Crippen LogP contribution is -2.32. The number of piperidine rings is 1. The summed E-state index contributed by atoms with van der Waals surface area (Å²) in [5.41, 5.74) is 1.19. The molecular weight excluding hydrogens is 300 g/mol. The zero-order valence-corrected chi connectivity index (χ0v) is 14.4. The van der Waals surface area contributed by atoms with Crippen molar-refractivity contribution in [2.75, 3.05) is 39.3 Å². The Kier molecular flexibility index (Phi) is 4.99. The van der Waals surface area contributed by atoms with Crippen molar-refractivity contribution in [3.63, 3.8) is 0 Å². The van der Waals surface area contributed by atoms with E-state index in [1.807, 2.05) is 0 Å². The zero-order valence-electron chi connectivity index (χ0n) is 14.4. The molecule has 2 aliphatic rings. The number of nitrogens with zero attached hydrogens (tertiary/aromatic N) is 3. The summed E-state index contributed by atoms with van der Waals surface area (Å²) < 4.78 is 8.21. The fraction of sp³-hybridized carbons (Fsp3) is 0.632. The van der Waals surface area contributed by atoms with Crippen molar-refractivity contribution < 1.29 is 4.74 Å². The van der Waals surface area contributed by atoms with Crippen LogP contribution in [0.25, 0.3) is 10.9 Å². The van der Waals surface area contributed by atoms with Crippen molar-refractivity contribution in [2.45, 2.75) is 32.2 Å². The van der Waals surface area contributed by atoms with Gasteiger partial charge in [-0.2, -0.15) is 0 Å². The van der Waals surface area contributed by atoms with Gasteiger partial charge in [0.15, 0.2) is 0 Å². The molecule has 0 amide bonds. The van der Waals surface area contributed by atoms with Gasteiger partial charge in [0.25, 0.3) is 0 Å². The van der Waals surface area contributed by atoms with Crippen molar-refractivity contribution in [1.29, 1.82) is 0 Å². The van der Waals surface area contributed by atoms with Gasteiger partial charge in [-0.25, -0.2) is 0 Å². The smallest absolute Gasteiger partial charge is 0.240 e. The van der Waals surface area contributed by atoms with Gasteiger partial charge in [-0.1, -0.05) is 12.1 Å². The molecule has 3 heterocycles. The quantitative estimate of drug-likeness (QED) is 0.885. The third-order valence-electron chi connectivity index (χ3n) is 5.30. The summed E-state index contributed by atoms with van der Waals surface area (Å²) in [4.78, 5) is 2.48. The lowest BCUT2D eigenvalue weighted by Gasteiger charge is -2.22. The van der Waals surface area contributed by atoms with Crippen molar-refractivity contribution in [3.05, 3.63) is 24.3 Å². The minimum Gasteiger partial charge on any atom is -0.475 e. The molecule has 0 radical (unpaired) electrons. The summed E-state index contributed by atoms with van der Waals surface area (Å²) >= 11 is 0. The van der Waals surface area contributed by atoms with Gasteiger partial charge >= 0.3 is 0 Å². The predicted octanol–water partition coefficient (Wildman–Crippen LogP) is 2.51. The topological polar surface area (TPSA) is 42.3 Å². The average molecular weight is 328 g/mol. The number of rotatable bonds is 6. The van der Waals surface area contributed by atoms with Gasteiger partial charge in [0, 0.05) is 13.1 Å². The van der Waals surface area contributed by atoms with E-state index in [1.165, 1.54) is 44.3 Å². The van der Waals surface area contributed by atoms with Crippen LogP contribution < -0.4 is 10.1 Å². The lowest BCUT2D eigenvalue weighted by molar-refractivity contribution is 0.230. The molecule has 5 nitrogen and oxygen atoms in total. The SMILES string of the molecule is c1ccc2c(c1)c(OCCN1CCCC1)nn2CC1CCCNC1. The van der Waals surface area contributed by atoms with Crippen LogP contribution in [0, 0.1) is 5.92 Å². The first-order valence-electron chi connectivity index (χ1n) is 9.41. The Bertz CT molecular complexity index is 656. The molecule has 1 N–H and O–H groups in total. The summed E-state index contributed by atoms with van der Waals surface area (Å²) in [5, 5.41) is 9.43. The first-order chi connectivity index (χ1) is 11.9. The minimum atomic E-state index is 0.666.